The zero-order valence-electron chi connectivity index (χ0n) is 14.8. The first kappa shape index (κ1) is 18.3. The first-order chi connectivity index (χ1) is 13.5. The van der Waals surface area contributed by atoms with E-state index in [-0.39, 0.29) is 19.1 Å². The summed E-state index contributed by atoms with van der Waals surface area (Å²) in [5.74, 6) is -1.10. The van der Waals surface area contributed by atoms with Crippen molar-refractivity contribution in [1.29, 1.82) is 0 Å². The van der Waals surface area contributed by atoms with Crippen molar-refractivity contribution in [2.24, 2.45) is 5.92 Å². The van der Waals surface area contributed by atoms with Gasteiger partial charge in [0, 0.05) is 5.02 Å². The lowest BCUT2D eigenvalue weighted by Crippen LogP contribution is -2.44. The second-order valence-corrected chi connectivity index (χ2v) is 7.05. The van der Waals surface area contributed by atoms with E-state index in [1.807, 2.05) is 0 Å². The van der Waals surface area contributed by atoms with Gasteiger partial charge in [-0.2, -0.15) is 0 Å². The molecule has 0 spiro atoms. The van der Waals surface area contributed by atoms with Crippen molar-refractivity contribution >= 4 is 40.8 Å². The summed E-state index contributed by atoms with van der Waals surface area (Å²) in [6, 6.07) is 12.2. The van der Waals surface area contributed by atoms with Gasteiger partial charge in [-0.15, -0.1) is 0 Å². The van der Waals surface area contributed by atoms with Crippen LogP contribution in [0.25, 0.3) is 0 Å². The number of rotatable bonds is 3. The van der Waals surface area contributed by atoms with Crippen molar-refractivity contribution < 1.29 is 23.9 Å². The Bertz CT molecular complexity index is 961. The smallest absolute Gasteiger partial charge is 0.313 e. The van der Waals surface area contributed by atoms with Gasteiger partial charge in [0.15, 0.2) is 6.61 Å². The first-order valence-corrected chi connectivity index (χ1v) is 9.16. The third-order valence-corrected chi connectivity index (χ3v) is 4.91. The number of carbonyl (C=O) groups is 3. The summed E-state index contributed by atoms with van der Waals surface area (Å²) >= 11 is 5.99. The Balaban J connectivity index is 1.39. The Morgan fingerprint density at radius 1 is 1.25 bits per heavy atom. The minimum Gasteiger partial charge on any atom is -0.492 e. The molecule has 2 aromatic carbocycles. The quantitative estimate of drug-likeness (QED) is 0.800. The summed E-state index contributed by atoms with van der Waals surface area (Å²) in [5, 5.41) is 3.27. The van der Waals surface area contributed by atoms with E-state index in [1.54, 1.807) is 42.5 Å². The van der Waals surface area contributed by atoms with Crippen LogP contribution in [0.15, 0.2) is 42.5 Å². The summed E-state index contributed by atoms with van der Waals surface area (Å²) < 4.78 is 10.8. The molecule has 144 valence electrons. The molecule has 0 bridgehead atoms. The van der Waals surface area contributed by atoms with Crippen LogP contribution in [0.4, 0.5) is 11.4 Å². The number of para-hydroxylation sites is 2. The third-order valence-electron chi connectivity index (χ3n) is 4.67. The molecular weight excluding hydrogens is 384 g/mol. The van der Waals surface area contributed by atoms with Gasteiger partial charge >= 0.3 is 5.97 Å². The fourth-order valence-electron chi connectivity index (χ4n) is 3.30. The lowest BCUT2D eigenvalue weighted by Gasteiger charge is -2.29. The average Bonchev–Trinajstić information content (AvgIpc) is 2.70. The number of halogens is 1. The van der Waals surface area contributed by atoms with Crippen molar-refractivity contribution in [1.82, 2.24) is 0 Å². The number of hydrogen-bond acceptors (Lipinski definition) is 5. The number of nitrogens with one attached hydrogen (secondary N) is 1. The van der Waals surface area contributed by atoms with E-state index < -0.39 is 24.4 Å². The van der Waals surface area contributed by atoms with Crippen LogP contribution in [0.1, 0.15) is 5.56 Å². The Labute approximate surface area is 166 Å². The van der Waals surface area contributed by atoms with E-state index in [9.17, 15) is 14.4 Å². The van der Waals surface area contributed by atoms with Gasteiger partial charge in [-0.05, 0) is 42.3 Å². The maximum atomic E-state index is 12.6. The van der Waals surface area contributed by atoms with Crippen LogP contribution in [-0.2, 0) is 25.5 Å². The summed E-state index contributed by atoms with van der Waals surface area (Å²) in [5.41, 5.74) is 1.95. The largest absolute Gasteiger partial charge is 0.492 e. The molecule has 2 aromatic rings. The molecule has 1 N–H and O–H groups in total. The molecule has 0 fully saturated rings. The molecule has 0 unspecified atom stereocenters. The van der Waals surface area contributed by atoms with Crippen molar-refractivity contribution in [3.8, 4) is 5.75 Å². The minimum atomic E-state index is -0.520. The molecule has 8 heteroatoms. The molecule has 2 heterocycles. The molecule has 2 amide bonds. The molecule has 2 aliphatic heterocycles. The Hall–Kier alpha value is -3.06. The van der Waals surface area contributed by atoms with Crippen LogP contribution in [0, 0.1) is 5.92 Å². The molecule has 7 nitrogen and oxygen atoms in total. The molecule has 0 aliphatic carbocycles. The molecule has 1 atom stereocenters. The number of esters is 1. The van der Waals surface area contributed by atoms with Crippen molar-refractivity contribution in [2.75, 3.05) is 30.0 Å². The van der Waals surface area contributed by atoms with Crippen molar-refractivity contribution in [3.63, 3.8) is 0 Å². The van der Waals surface area contributed by atoms with Gasteiger partial charge < -0.3 is 14.8 Å². The highest BCUT2D eigenvalue weighted by Crippen LogP contribution is 2.31. The molecule has 0 saturated heterocycles. The van der Waals surface area contributed by atoms with Crippen molar-refractivity contribution in [2.45, 2.75) is 6.42 Å². The lowest BCUT2D eigenvalue weighted by atomic mass is 9.97. The minimum absolute atomic E-state index is 0.119. The highest BCUT2D eigenvalue weighted by molar-refractivity contribution is 6.30. The fourth-order valence-corrected chi connectivity index (χ4v) is 3.49. The van der Waals surface area contributed by atoms with E-state index in [1.165, 1.54) is 4.90 Å². The summed E-state index contributed by atoms with van der Waals surface area (Å²) in [6.45, 7) is -0.387. The predicted octanol–water partition coefficient (Wildman–Crippen LogP) is 2.42. The normalized spacial score (nSPS) is 17.7. The molecule has 0 saturated carbocycles. The monoisotopic (exact) mass is 400 g/mol. The number of ether oxygens (including phenoxy) is 2. The third kappa shape index (κ3) is 3.66. The second kappa shape index (κ2) is 7.52. The van der Waals surface area contributed by atoms with Crippen LogP contribution >= 0.6 is 11.6 Å². The van der Waals surface area contributed by atoms with E-state index in [2.05, 4.69) is 5.32 Å². The number of nitrogens with zero attached hydrogens (tertiary/aromatic N) is 1. The highest BCUT2D eigenvalue weighted by Gasteiger charge is 2.30. The maximum absolute atomic E-state index is 12.6. The molecule has 2 aliphatic rings. The molecule has 28 heavy (non-hydrogen) atoms. The maximum Gasteiger partial charge on any atom is 0.313 e. The topological polar surface area (TPSA) is 84.9 Å². The molecular formula is C20H17ClN2O5. The average molecular weight is 401 g/mol. The second-order valence-electron chi connectivity index (χ2n) is 6.62. The van der Waals surface area contributed by atoms with Crippen LogP contribution in [0.3, 0.4) is 0 Å². The van der Waals surface area contributed by atoms with E-state index in [0.717, 1.165) is 5.56 Å². The van der Waals surface area contributed by atoms with Crippen LogP contribution < -0.4 is 15.0 Å². The number of fused-ring (bicyclic) bond motifs is 2. The molecule has 4 rings (SSSR count). The van der Waals surface area contributed by atoms with Crippen LogP contribution in [0.5, 0.6) is 5.75 Å². The number of carbonyl (C=O) groups excluding carboxylic acids is 3. The Morgan fingerprint density at radius 3 is 2.93 bits per heavy atom. The fraction of sp³-hybridized carbons (Fsp3) is 0.250. The van der Waals surface area contributed by atoms with E-state index in [4.69, 9.17) is 21.1 Å². The standard InChI is InChI=1S/C20H17ClN2O5/c21-14-5-6-17-12(8-14)7-13(10-27-17)20(26)28-11-19(25)23-9-18(24)22-15-3-1-2-4-16(15)23/h1-6,8,13H,7,9-11H2,(H,22,24)/t13-/m1/s1. The zero-order chi connectivity index (χ0) is 19.7. The van der Waals surface area contributed by atoms with Crippen LogP contribution in [0.2, 0.25) is 5.02 Å². The van der Waals surface area contributed by atoms with Gasteiger partial charge in [-0.25, -0.2) is 0 Å². The van der Waals surface area contributed by atoms with Gasteiger partial charge in [0.1, 0.15) is 18.9 Å². The van der Waals surface area contributed by atoms with Gasteiger partial charge in [0.2, 0.25) is 5.91 Å². The van der Waals surface area contributed by atoms with Gasteiger partial charge in [-0.1, -0.05) is 23.7 Å². The summed E-state index contributed by atoms with van der Waals surface area (Å²) in [4.78, 5) is 38.1. The Kier molecular flexibility index (Phi) is 4.92. The van der Waals surface area contributed by atoms with E-state index in [0.29, 0.717) is 28.6 Å². The summed E-state index contributed by atoms with van der Waals surface area (Å²) in [6.07, 6.45) is 0.428. The van der Waals surface area contributed by atoms with E-state index >= 15 is 0 Å². The zero-order valence-corrected chi connectivity index (χ0v) is 15.6. The number of anilines is 2. The predicted molar refractivity (Wildman–Crippen MR) is 103 cm³/mol. The number of benzene rings is 2. The molecule has 0 aromatic heterocycles. The number of hydrogen-bond donors (Lipinski definition) is 1. The van der Waals surface area contributed by atoms with Gasteiger partial charge in [0.25, 0.3) is 5.91 Å². The highest BCUT2D eigenvalue weighted by atomic mass is 35.5. The van der Waals surface area contributed by atoms with Crippen molar-refractivity contribution in [3.05, 3.63) is 53.1 Å². The summed E-state index contributed by atoms with van der Waals surface area (Å²) in [7, 11) is 0. The van der Waals surface area contributed by atoms with Crippen LogP contribution in [-0.4, -0.2) is 37.5 Å². The SMILES string of the molecule is O=C1CN(C(=O)COC(=O)[C@H]2COc3ccc(Cl)cc3C2)c2ccccc2N1. The number of amides is 2. The van der Waals surface area contributed by atoms with Gasteiger partial charge in [0.05, 0.1) is 17.3 Å². The molecule has 0 radical (unpaired) electrons. The van der Waals surface area contributed by atoms with Gasteiger partial charge in [-0.3, -0.25) is 19.3 Å². The Morgan fingerprint density at radius 2 is 2.07 bits per heavy atom. The first-order valence-electron chi connectivity index (χ1n) is 8.78. The lowest BCUT2D eigenvalue weighted by molar-refractivity contribution is -0.153.